The van der Waals surface area contributed by atoms with Gasteiger partial charge in [0.15, 0.2) is 46.5 Å². The van der Waals surface area contributed by atoms with Crippen molar-refractivity contribution in [2.45, 2.75) is 0 Å². The fraction of sp³-hybridized carbons (Fsp3) is 0. The highest BCUT2D eigenvalue weighted by atomic mass is 35.5. The molecule has 0 amide bonds. The molecule has 0 fully saturated rings. The van der Waals surface area contributed by atoms with Crippen molar-refractivity contribution in [3.8, 4) is 11.1 Å². The number of halogens is 10. The van der Waals surface area contributed by atoms with E-state index in [0.29, 0.717) is 0 Å². The molecule has 118 valence electrons. The van der Waals surface area contributed by atoms with Gasteiger partial charge in [-0.2, -0.15) is 0 Å². The number of benzene rings is 2. The van der Waals surface area contributed by atoms with E-state index in [1.54, 1.807) is 0 Å². The number of rotatable bonds is 1. The lowest BCUT2D eigenvalue weighted by molar-refractivity contribution is 0.379. The first kappa shape index (κ1) is 16.5. The molecule has 0 aromatic heterocycles. The molecular weight excluding hydrogens is 351 g/mol. The Kier molecular flexibility index (Phi) is 4.03. The minimum atomic E-state index is -2.57. The molecule has 0 nitrogen and oxygen atoms in total. The Balaban J connectivity index is 3.03. The van der Waals surface area contributed by atoms with Crippen molar-refractivity contribution in [3.63, 3.8) is 0 Å². The van der Waals surface area contributed by atoms with Gasteiger partial charge in [-0.1, -0.05) is 11.6 Å². The van der Waals surface area contributed by atoms with Crippen LogP contribution in [0.2, 0.25) is 5.02 Å². The Bertz CT molecular complexity index is 675. The summed E-state index contributed by atoms with van der Waals surface area (Å²) in [5, 5.41) is -1.68. The molecule has 0 unspecified atom stereocenters. The van der Waals surface area contributed by atoms with Gasteiger partial charge in [-0.25, -0.2) is 39.5 Å². The van der Waals surface area contributed by atoms with Crippen molar-refractivity contribution in [1.82, 2.24) is 0 Å². The van der Waals surface area contributed by atoms with Gasteiger partial charge in [0.1, 0.15) is 0 Å². The van der Waals surface area contributed by atoms with Crippen LogP contribution in [0.1, 0.15) is 0 Å². The van der Waals surface area contributed by atoms with Crippen LogP contribution in [0.5, 0.6) is 0 Å². The summed E-state index contributed by atoms with van der Waals surface area (Å²) in [6, 6.07) is 0. The predicted molar refractivity (Wildman–Crippen MR) is 56.5 cm³/mol. The zero-order chi connectivity index (χ0) is 16.9. The third-order valence-electron chi connectivity index (χ3n) is 2.67. The molecule has 22 heavy (non-hydrogen) atoms. The van der Waals surface area contributed by atoms with Gasteiger partial charge in [0.05, 0.1) is 10.6 Å². The van der Waals surface area contributed by atoms with Crippen molar-refractivity contribution in [2.24, 2.45) is 0 Å². The van der Waals surface area contributed by atoms with Gasteiger partial charge in [0, 0.05) is 5.56 Å². The van der Waals surface area contributed by atoms with Crippen LogP contribution in [0.4, 0.5) is 39.5 Å². The summed E-state index contributed by atoms with van der Waals surface area (Å²) in [6.07, 6.45) is 0. The van der Waals surface area contributed by atoms with Crippen LogP contribution in [-0.4, -0.2) is 0 Å². The van der Waals surface area contributed by atoms with Gasteiger partial charge < -0.3 is 0 Å². The SMILES string of the molecule is Fc1c(F)c(F)c(-c2c(F)c(F)c(F)c(F)c2Cl)c(F)c1F. The van der Waals surface area contributed by atoms with Gasteiger partial charge in [-0.05, 0) is 0 Å². The highest BCUT2D eigenvalue weighted by Gasteiger charge is 2.33. The second-order valence-electron chi connectivity index (χ2n) is 3.89. The lowest BCUT2D eigenvalue weighted by Crippen LogP contribution is -2.08. The maximum atomic E-state index is 13.6. The summed E-state index contributed by atoms with van der Waals surface area (Å²) in [6.45, 7) is 0. The van der Waals surface area contributed by atoms with Gasteiger partial charge in [0.2, 0.25) is 5.82 Å². The molecule has 10 heteroatoms. The summed E-state index contributed by atoms with van der Waals surface area (Å²) in [7, 11) is 0. The Morgan fingerprint density at radius 2 is 0.636 bits per heavy atom. The smallest absolute Gasteiger partial charge is 0.200 e. The molecule has 0 atom stereocenters. The maximum Gasteiger partial charge on any atom is 0.200 e. The van der Waals surface area contributed by atoms with E-state index >= 15 is 0 Å². The van der Waals surface area contributed by atoms with Crippen molar-refractivity contribution in [1.29, 1.82) is 0 Å². The third kappa shape index (κ3) is 2.11. The van der Waals surface area contributed by atoms with Crippen LogP contribution in [0.25, 0.3) is 11.1 Å². The summed E-state index contributed by atoms with van der Waals surface area (Å²) in [5.41, 5.74) is -3.84. The second kappa shape index (κ2) is 5.38. The molecule has 0 saturated heterocycles. The lowest BCUT2D eigenvalue weighted by atomic mass is 10.0. The lowest BCUT2D eigenvalue weighted by Gasteiger charge is -2.12. The Morgan fingerprint density at radius 3 is 1.05 bits per heavy atom. The Hall–Kier alpha value is -1.90. The maximum absolute atomic E-state index is 13.6. The molecular formula is C12ClF9. The molecule has 2 rings (SSSR count). The van der Waals surface area contributed by atoms with Crippen molar-refractivity contribution in [2.75, 3.05) is 0 Å². The third-order valence-corrected chi connectivity index (χ3v) is 3.02. The molecule has 0 spiro atoms. The molecule has 0 aliphatic carbocycles. The normalized spacial score (nSPS) is 11.2. The minimum Gasteiger partial charge on any atom is -0.203 e. The van der Waals surface area contributed by atoms with Crippen LogP contribution in [0, 0.1) is 52.4 Å². The standard InChI is InChI=1S/C12ClF9/c13-3-1(4(14)8(18)11(21)7(3)17)2-5(15)9(19)12(22)10(20)6(2)16. The molecule has 0 aliphatic heterocycles. The topological polar surface area (TPSA) is 0 Å². The number of hydrogen-bond donors (Lipinski definition) is 0. The highest BCUT2D eigenvalue weighted by Crippen LogP contribution is 2.40. The first-order valence-corrected chi connectivity index (χ1v) is 5.52. The van der Waals surface area contributed by atoms with Crippen molar-refractivity contribution in [3.05, 3.63) is 57.4 Å². The van der Waals surface area contributed by atoms with E-state index in [2.05, 4.69) is 0 Å². The molecule has 2 aromatic carbocycles. The van der Waals surface area contributed by atoms with E-state index in [9.17, 15) is 39.5 Å². The van der Waals surface area contributed by atoms with Gasteiger partial charge in [0.25, 0.3) is 0 Å². The Morgan fingerprint density at radius 1 is 0.364 bits per heavy atom. The molecule has 0 heterocycles. The van der Waals surface area contributed by atoms with Gasteiger partial charge >= 0.3 is 0 Å². The van der Waals surface area contributed by atoms with Gasteiger partial charge in [-0.3, -0.25) is 0 Å². The van der Waals surface area contributed by atoms with E-state index in [1.165, 1.54) is 0 Å². The van der Waals surface area contributed by atoms with E-state index in [-0.39, 0.29) is 0 Å². The monoisotopic (exact) mass is 350 g/mol. The van der Waals surface area contributed by atoms with Crippen LogP contribution in [-0.2, 0) is 0 Å². The fourth-order valence-electron chi connectivity index (χ4n) is 1.65. The van der Waals surface area contributed by atoms with Crippen LogP contribution in [0.15, 0.2) is 0 Å². The van der Waals surface area contributed by atoms with E-state index < -0.39 is 68.5 Å². The molecule has 0 N–H and O–H groups in total. The van der Waals surface area contributed by atoms with E-state index in [4.69, 9.17) is 11.6 Å². The molecule has 2 aromatic rings. The summed E-state index contributed by atoms with van der Waals surface area (Å²) in [4.78, 5) is 0. The molecule has 0 bridgehead atoms. The number of hydrogen-bond acceptors (Lipinski definition) is 0. The largest absolute Gasteiger partial charge is 0.203 e. The molecule has 0 aliphatic rings. The van der Waals surface area contributed by atoms with Crippen molar-refractivity contribution >= 4 is 11.6 Å². The van der Waals surface area contributed by atoms with Gasteiger partial charge in [-0.15, -0.1) is 0 Å². The summed E-state index contributed by atoms with van der Waals surface area (Å²) in [5.74, 6) is -22.3. The van der Waals surface area contributed by atoms with Crippen LogP contribution < -0.4 is 0 Å². The first-order valence-electron chi connectivity index (χ1n) is 5.14. The zero-order valence-electron chi connectivity index (χ0n) is 9.78. The van der Waals surface area contributed by atoms with Crippen LogP contribution in [0.3, 0.4) is 0 Å². The molecule has 0 radical (unpaired) electrons. The van der Waals surface area contributed by atoms with E-state index in [1.807, 2.05) is 0 Å². The average Bonchev–Trinajstić information content (AvgIpc) is 2.50. The Labute approximate surface area is 120 Å². The predicted octanol–water partition coefficient (Wildman–Crippen LogP) is 5.26. The van der Waals surface area contributed by atoms with Crippen LogP contribution >= 0.6 is 11.6 Å². The molecule has 0 saturated carbocycles. The highest BCUT2D eigenvalue weighted by molar-refractivity contribution is 6.33. The zero-order valence-corrected chi connectivity index (χ0v) is 10.5. The van der Waals surface area contributed by atoms with Crippen molar-refractivity contribution < 1.29 is 39.5 Å². The van der Waals surface area contributed by atoms with E-state index in [0.717, 1.165) is 0 Å². The summed E-state index contributed by atoms with van der Waals surface area (Å²) < 4.78 is 119. The average molecular weight is 351 g/mol. The fourth-order valence-corrected chi connectivity index (χ4v) is 1.91. The summed E-state index contributed by atoms with van der Waals surface area (Å²) >= 11 is 5.11. The quantitative estimate of drug-likeness (QED) is 0.374. The second-order valence-corrected chi connectivity index (χ2v) is 4.27. The minimum absolute atomic E-state index is 1.68. The first-order chi connectivity index (χ1) is 10.1.